The molecule has 0 amide bonds. The van der Waals surface area contributed by atoms with Gasteiger partial charge in [0.25, 0.3) is 0 Å². The molecule has 0 bridgehead atoms. The average Bonchev–Trinajstić information content (AvgIpc) is 3.22. The van der Waals surface area contributed by atoms with Gasteiger partial charge in [-0.05, 0) is 81.1 Å². The van der Waals surface area contributed by atoms with Crippen molar-refractivity contribution in [2.75, 3.05) is 22.9 Å². The topological polar surface area (TPSA) is 67.2 Å². The van der Waals surface area contributed by atoms with Gasteiger partial charge in [0.15, 0.2) is 5.88 Å². The number of aliphatic hydroxyl groups excluding tert-OH is 1. The molecule has 2 aromatic rings. The number of aliphatic hydroxyl groups is 1. The fourth-order valence-electron chi connectivity index (χ4n) is 4.02. The molecule has 0 unspecified atom stereocenters. The van der Waals surface area contributed by atoms with E-state index in [-0.39, 0.29) is 17.4 Å². The molecule has 0 saturated carbocycles. The molecule has 2 aromatic carbocycles. The molecule has 29 heavy (non-hydrogen) atoms. The summed E-state index contributed by atoms with van der Waals surface area (Å²) in [5, 5.41) is 31.5. The molecule has 1 aliphatic rings. The van der Waals surface area contributed by atoms with Crippen molar-refractivity contribution < 1.29 is 15.3 Å². The van der Waals surface area contributed by atoms with E-state index in [9.17, 15) is 15.3 Å². The molecule has 0 atom stereocenters. The quantitative estimate of drug-likeness (QED) is 0.567. The highest BCUT2D eigenvalue weighted by Gasteiger charge is 2.23. The first-order valence-corrected chi connectivity index (χ1v) is 10.1. The number of allylic oxidation sites excluding steroid dienone is 1. The van der Waals surface area contributed by atoms with Crippen LogP contribution in [0.4, 0.5) is 11.4 Å². The van der Waals surface area contributed by atoms with Gasteiger partial charge < -0.3 is 20.2 Å². The smallest absolute Gasteiger partial charge is 0.188 e. The third-order valence-corrected chi connectivity index (χ3v) is 5.55. The Balaban J connectivity index is 2.10. The van der Waals surface area contributed by atoms with E-state index >= 15 is 0 Å². The van der Waals surface area contributed by atoms with Crippen LogP contribution in [-0.2, 0) is 6.42 Å². The van der Waals surface area contributed by atoms with Gasteiger partial charge in [0.1, 0.15) is 11.5 Å². The van der Waals surface area contributed by atoms with Crippen LogP contribution in [0.1, 0.15) is 43.4 Å². The standard InChI is InChI=1S/C24H30N2O3/c1-5-18-14-20(24(29)13-16(18)3)21(6-2)26(17(4)27)19-9-10-23(28)22(15-19)25-11-7-8-12-25/h6,9-10,13-15,27-29H,4-5,7-8,11-12H2,1-3H3/b21-6-. The van der Waals surface area contributed by atoms with Gasteiger partial charge in [-0.15, -0.1) is 0 Å². The Morgan fingerprint density at radius 1 is 1.14 bits per heavy atom. The summed E-state index contributed by atoms with van der Waals surface area (Å²) in [5.41, 5.74) is 4.82. The summed E-state index contributed by atoms with van der Waals surface area (Å²) in [5.74, 6) is 0.208. The maximum absolute atomic E-state index is 10.6. The average molecular weight is 395 g/mol. The van der Waals surface area contributed by atoms with E-state index in [0.717, 1.165) is 49.2 Å². The molecular formula is C24H30N2O3. The van der Waals surface area contributed by atoms with E-state index in [1.54, 1.807) is 23.1 Å². The zero-order valence-corrected chi connectivity index (χ0v) is 17.4. The van der Waals surface area contributed by atoms with Crippen molar-refractivity contribution in [1.29, 1.82) is 0 Å². The third-order valence-electron chi connectivity index (χ3n) is 5.55. The van der Waals surface area contributed by atoms with E-state index in [0.29, 0.717) is 16.9 Å². The summed E-state index contributed by atoms with van der Waals surface area (Å²) >= 11 is 0. The van der Waals surface area contributed by atoms with Crippen LogP contribution in [0, 0.1) is 6.92 Å². The van der Waals surface area contributed by atoms with E-state index in [1.807, 2.05) is 32.1 Å². The highest BCUT2D eigenvalue weighted by Crippen LogP contribution is 2.39. The second kappa shape index (κ2) is 8.52. The van der Waals surface area contributed by atoms with E-state index in [2.05, 4.69) is 18.4 Å². The summed E-state index contributed by atoms with van der Waals surface area (Å²) in [6.45, 7) is 11.4. The molecule has 0 radical (unpaired) electrons. The van der Waals surface area contributed by atoms with Crippen molar-refractivity contribution in [2.24, 2.45) is 0 Å². The molecule has 154 valence electrons. The van der Waals surface area contributed by atoms with Gasteiger partial charge in [-0.3, -0.25) is 4.90 Å². The summed E-state index contributed by atoms with van der Waals surface area (Å²) in [7, 11) is 0. The second-order valence-corrected chi connectivity index (χ2v) is 7.44. The number of aryl methyl sites for hydroxylation is 2. The van der Waals surface area contributed by atoms with Crippen LogP contribution in [0.2, 0.25) is 0 Å². The predicted octanol–water partition coefficient (Wildman–Crippen LogP) is 5.47. The van der Waals surface area contributed by atoms with Crippen LogP contribution in [0.5, 0.6) is 11.5 Å². The van der Waals surface area contributed by atoms with Crippen molar-refractivity contribution in [3.63, 3.8) is 0 Å². The van der Waals surface area contributed by atoms with E-state index in [1.165, 1.54) is 0 Å². The van der Waals surface area contributed by atoms with Crippen molar-refractivity contribution in [3.8, 4) is 11.5 Å². The van der Waals surface area contributed by atoms with Gasteiger partial charge in [-0.25, -0.2) is 0 Å². The van der Waals surface area contributed by atoms with Crippen molar-refractivity contribution >= 4 is 17.1 Å². The van der Waals surface area contributed by atoms with Crippen LogP contribution in [0.3, 0.4) is 0 Å². The van der Waals surface area contributed by atoms with E-state index in [4.69, 9.17) is 0 Å². The summed E-state index contributed by atoms with van der Waals surface area (Å²) in [6, 6.07) is 8.95. The summed E-state index contributed by atoms with van der Waals surface area (Å²) in [4.78, 5) is 3.74. The second-order valence-electron chi connectivity index (χ2n) is 7.44. The minimum absolute atomic E-state index is 0.151. The van der Waals surface area contributed by atoms with Crippen LogP contribution in [0.25, 0.3) is 5.70 Å². The normalized spacial score (nSPS) is 14.3. The molecule has 5 nitrogen and oxygen atoms in total. The molecule has 0 spiro atoms. The third kappa shape index (κ3) is 4.04. The molecule has 0 aromatic heterocycles. The van der Waals surface area contributed by atoms with Gasteiger partial charge in [0.05, 0.1) is 17.1 Å². The first-order chi connectivity index (χ1) is 13.9. The van der Waals surface area contributed by atoms with Gasteiger partial charge in [-0.2, -0.15) is 0 Å². The minimum atomic E-state index is -0.158. The Bertz CT molecular complexity index is 943. The number of benzene rings is 2. The molecule has 1 aliphatic heterocycles. The van der Waals surface area contributed by atoms with Crippen molar-refractivity contribution in [2.45, 2.75) is 40.0 Å². The first kappa shape index (κ1) is 20.6. The predicted molar refractivity (Wildman–Crippen MR) is 120 cm³/mol. The number of rotatable bonds is 6. The molecule has 3 N–H and O–H groups in total. The Hall–Kier alpha value is -3.08. The number of aromatic hydroxyl groups is 2. The van der Waals surface area contributed by atoms with Crippen molar-refractivity contribution in [1.82, 2.24) is 0 Å². The highest BCUT2D eigenvalue weighted by molar-refractivity contribution is 5.86. The molecule has 0 aliphatic carbocycles. The lowest BCUT2D eigenvalue weighted by Gasteiger charge is -2.29. The SMILES string of the molecule is C=C(O)N(/C(=C\C)c1cc(CC)c(C)cc1O)c1ccc(O)c(N2CCCC2)c1. The summed E-state index contributed by atoms with van der Waals surface area (Å²) < 4.78 is 0. The number of hydrogen-bond acceptors (Lipinski definition) is 5. The zero-order chi connectivity index (χ0) is 21.1. The minimum Gasteiger partial charge on any atom is -0.507 e. The van der Waals surface area contributed by atoms with Crippen LogP contribution in [0.15, 0.2) is 48.9 Å². The number of phenols is 2. The molecule has 1 saturated heterocycles. The molecule has 1 heterocycles. The van der Waals surface area contributed by atoms with Crippen molar-refractivity contribution in [3.05, 3.63) is 65.6 Å². The largest absolute Gasteiger partial charge is 0.507 e. The van der Waals surface area contributed by atoms with Crippen LogP contribution < -0.4 is 9.80 Å². The Morgan fingerprint density at radius 2 is 1.83 bits per heavy atom. The number of nitrogens with zero attached hydrogens (tertiary/aromatic N) is 2. The van der Waals surface area contributed by atoms with E-state index < -0.39 is 0 Å². The zero-order valence-electron chi connectivity index (χ0n) is 17.4. The monoisotopic (exact) mass is 394 g/mol. The van der Waals surface area contributed by atoms with Crippen LogP contribution >= 0.6 is 0 Å². The lowest BCUT2D eigenvalue weighted by Crippen LogP contribution is -2.22. The highest BCUT2D eigenvalue weighted by atomic mass is 16.3. The lowest BCUT2D eigenvalue weighted by atomic mass is 9.99. The number of anilines is 2. The molecule has 5 heteroatoms. The fraction of sp³-hybridized carbons (Fsp3) is 0.333. The van der Waals surface area contributed by atoms with Gasteiger partial charge in [-0.1, -0.05) is 13.0 Å². The first-order valence-electron chi connectivity index (χ1n) is 10.1. The molecular weight excluding hydrogens is 364 g/mol. The maximum atomic E-state index is 10.6. The summed E-state index contributed by atoms with van der Waals surface area (Å²) in [6.07, 6.45) is 4.87. The Labute approximate surface area is 172 Å². The molecule has 3 rings (SSSR count). The van der Waals surface area contributed by atoms with Crippen LogP contribution in [-0.4, -0.2) is 28.4 Å². The molecule has 1 fully saturated rings. The number of hydrogen-bond donors (Lipinski definition) is 3. The lowest BCUT2D eigenvalue weighted by molar-refractivity contribution is 0.405. The Kier molecular flexibility index (Phi) is 6.06. The van der Waals surface area contributed by atoms with Gasteiger partial charge in [0, 0.05) is 18.7 Å². The van der Waals surface area contributed by atoms with Gasteiger partial charge >= 0.3 is 0 Å². The van der Waals surface area contributed by atoms with Gasteiger partial charge in [0.2, 0.25) is 0 Å². The number of phenolic OH excluding ortho intramolecular Hbond substituents is 2. The fourth-order valence-corrected chi connectivity index (χ4v) is 4.02. The Morgan fingerprint density at radius 3 is 2.41 bits per heavy atom. The maximum Gasteiger partial charge on any atom is 0.188 e.